The minimum atomic E-state index is -3.25. The highest BCUT2D eigenvalue weighted by Gasteiger charge is 2.10. The van der Waals surface area contributed by atoms with Crippen LogP contribution in [0.2, 0.25) is 5.02 Å². The molecule has 0 aliphatic heterocycles. The zero-order chi connectivity index (χ0) is 13.4. The van der Waals surface area contributed by atoms with Gasteiger partial charge in [-0.3, -0.25) is 0 Å². The van der Waals surface area contributed by atoms with Crippen molar-refractivity contribution < 1.29 is 8.42 Å². The molecule has 0 atom stereocenters. The average molecular weight is 291 g/mol. The smallest absolute Gasteiger partial charge is 0.213 e. The van der Waals surface area contributed by atoms with E-state index in [9.17, 15) is 8.42 Å². The molecule has 0 heterocycles. The van der Waals surface area contributed by atoms with Crippen LogP contribution in [0.3, 0.4) is 0 Å². The van der Waals surface area contributed by atoms with Crippen LogP contribution in [0.15, 0.2) is 24.3 Å². The van der Waals surface area contributed by atoms with Gasteiger partial charge in [0.2, 0.25) is 10.0 Å². The molecule has 0 bridgehead atoms. The lowest BCUT2D eigenvalue weighted by Gasteiger charge is -2.08. The standard InChI is InChI=1S/C12H19ClN2O2S/c1-2-7-14-8-9-18(16,17)15-10-11-5-3-4-6-12(11)13/h3-6,14-15H,2,7-10H2,1H3. The number of sulfonamides is 1. The molecule has 1 aromatic carbocycles. The Bertz CT molecular complexity index is 463. The summed E-state index contributed by atoms with van der Waals surface area (Å²) < 4.78 is 25.9. The van der Waals surface area contributed by atoms with Crippen molar-refractivity contribution >= 4 is 21.6 Å². The molecule has 0 aliphatic carbocycles. The third kappa shape index (κ3) is 5.82. The highest BCUT2D eigenvalue weighted by Crippen LogP contribution is 2.14. The van der Waals surface area contributed by atoms with E-state index in [-0.39, 0.29) is 12.3 Å². The van der Waals surface area contributed by atoms with Gasteiger partial charge < -0.3 is 5.32 Å². The molecule has 0 amide bonds. The predicted molar refractivity (Wildman–Crippen MR) is 75.2 cm³/mol. The van der Waals surface area contributed by atoms with Crippen molar-refractivity contribution in [1.29, 1.82) is 0 Å². The minimum absolute atomic E-state index is 0.0808. The fourth-order valence-corrected chi connectivity index (χ4v) is 2.55. The van der Waals surface area contributed by atoms with Gasteiger partial charge in [-0.1, -0.05) is 36.7 Å². The molecule has 18 heavy (non-hydrogen) atoms. The van der Waals surface area contributed by atoms with Gasteiger partial charge in [-0.2, -0.15) is 0 Å². The molecule has 6 heteroatoms. The summed E-state index contributed by atoms with van der Waals surface area (Å²) in [5.41, 5.74) is 0.782. The fraction of sp³-hybridized carbons (Fsp3) is 0.500. The molecule has 0 saturated carbocycles. The van der Waals surface area contributed by atoms with E-state index in [4.69, 9.17) is 11.6 Å². The van der Waals surface area contributed by atoms with E-state index in [0.717, 1.165) is 18.5 Å². The largest absolute Gasteiger partial charge is 0.316 e. The topological polar surface area (TPSA) is 58.2 Å². The Hall–Kier alpha value is -0.620. The first-order valence-corrected chi connectivity index (χ1v) is 7.99. The summed E-state index contributed by atoms with van der Waals surface area (Å²) in [6.07, 6.45) is 0.993. The molecule has 0 aromatic heterocycles. The maximum Gasteiger partial charge on any atom is 0.213 e. The van der Waals surface area contributed by atoms with Crippen molar-refractivity contribution in [1.82, 2.24) is 10.0 Å². The Morgan fingerprint density at radius 3 is 2.61 bits per heavy atom. The van der Waals surface area contributed by atoms with E-state index in [2.05, 4.69) is 10.0 Å². The van der Waals surface area contributed by atoms with Crippen LogP contribution in [-0.4, -0.2) is 27.3 Å². The number of nitrogens with one attached hydrogen (secondary N) is 2. The van der Waals surface area contributed by atoms with E-state index in [1.54, 1.807) is 12.1 Å². The van der Waals surface area contributed by atoms with Gasteiger partial charge in [-0.25, -0.2) is 13.1 Å². The van der Waals surface area contributed by atoms with Gasteiger partial charge >= 0.3 is 0 Å². The van der Waals surface area contributed by atoms with Crippen LogP contribution in [0.25, 0.3) is 0 Å². The molecule has 0 unspecified atom stereocenters. The van der Waals surface area contributed by atoms with Gasteiger partial charge in [-0.05, 0) is 24.6 Å². The quantitative estimate of drug-likeness (QED) is 0.717. The molecule has 1 rings (SSSR count). The first-order chi connectivity index (χ1) is 8.55. The van der Waals surface area contributed by atoms with Crippen LogP contribution in [-0.2, 0) is 16.6 Å². The molecule has 0 fully saturated rings. The van der Waals surface area contributed by atoms with Gasteiger partial charge in [0.1, 0.15) is 0 Å². The van der Waals surface area contributed by atoms with Crippen LogP contribution in [0.5, 0.6) is 0 Å². The summed E-state index contributed by atoms with van der Waals surface area (Å²) in [5, 5.41) is 3.63. The normalized spacial score (nSPS) is 11.7. The highest BCUT2D eigenvalue weighted by molar-refractivity contribution is 7.89. The monoisotopic (exact) mass is 290 g/mol. The Balaban J connectivity index is 2.40. The first-order valence-electron chi connectivity index (χ1n) is 5.96. The highest BCUT2D eigenvalue weighted by atomic mass is 35.5. The van der Waals surface area contributed by atoms with Crippen LogP contribution in [0.1, 0.15) is 18.9 Å². The van der Waals surface area contributed by atoms with Crippen LogP contribution < -0.4 is 10.0 Å². The summed E-state index contributed by atoms with van der Waals surface area (Å²) >= 11 is 5.95. The molecular formula is C12H19ClN2O2S. The van der Waals surface area contributed by atoms with Crippen LogP contribution in [0.4, 0.5) is 0 Å². The maximum absolute atomic E-state index is 11.7. The second kappa shape index (κ2) is 7.74. The molecule has 0 radical (unpaired) electrons. The molecule has 0 aliphatic rings. The minimum Gasteiger partial charge on any atom is -0.316 e. The van der Waals surface area contributed by atoms with Crippen molar-refractivity contribution in [3.63, 3.8) is 0 Å². The van der Waals surface area contributed by atoms with Crippen molar-refractivity contribution in [2.24, 2.45) is 0 Å². The molecule has 1 aromatic rings. The van der Waals surface area contributed by atoms with Crippen molar-refractivity contribution in [3.8, 4) is 0 Å². The lowest BCUT2D eigenvalue weighted by molar-refractivity contribution is 0.576. The van der Waals surface area contributed by atoms with Gasteiger partial charge in [0.15, 0.2) is 0 Å². The predicted octanol–water partition coefficient (Wildman–Crippen LogP) is 1.76. The van der Waals surface area contributed by atoms with E-state index < -0.39 is 10.0 Å². The number of halogens is 1. The lowest BCUT2D eigenvalue weighted by atomic mass is 10.2. The number of benzene rings is 1. The van der Waals surface area contributed by atoms with Gasteiger partial charge in [0.05, 0.1) is 5.75 Å². The SMILES string of the molecule is CCCNCCS(=O)(=O)NCc1ccccc1Cl. The van der Waals surface area contributed by atoms with Crippen molar-refractivity contribution in [3.05, 3.63) is 34.9 Å². The zero-order valence-electron chi connectivity index (χ0n) is 10.4. The molecular weight excluding hydrogens is 272 g/mol. The molecule has 102 valence electrons. The first kappa shape index (κ1) is 15.4. The van der Waals surface area contributed by atoms with E-state index >= 15 is 0 Å². The van der Waals surface area contributed by atoms with Crippen molar-refractivity contribution in [2.45, 2.75) is 19.9 Å². The van der Waals surface area contributed by atoms with E-state index in [0.29, 0.717) is 11.6 Å². The van der Waals surface area contributed by atoms with Gasteiger partial charge in [0, 0.05) is 18.1 Å². The Morgan fingerprint density at radius 1 is 1.22 bits per heavy atom. The molecule has 0 saturated heterocycles. The summed E-state index contributed by atoms with van der Waals surface area (Å²) in [6.45, 7) is 3.57. The number of hydrogen-bond donors (Lipinski definition) is 2. The summed E-state index contributed by atoms with van der Waals surface area (Å²) in [7, 11) is -3.25. The van der Waals surface area contributed by atoms with E-state index in [1.165, 1.54) is 0 Å². The third-order valence-corrected chi connectivity index (χ3v) is 4.11. The molecule has 4 nitrogen and oxygen atoms in total. The number of rotatable bonds is 8. The summed E-state index contributed by atoms with van der Waals surface area (Å²) in [6, 6.07) is 7.20. The van der Waals surface area contributed by atoms with Gasteiger partial charge in [-0.15, -0.1) is 0 Å². The average Bonchev–Trinajstić information content (AvgIpc) is 2.34. The Morgan fingerprint density at radius 2 is 1.94 bits per heavy atom. The Labute approximate surface area is 114 Å². The van der Waals surface area contributed by atoms with Crippen LogP contribution >= 0.6 is 11.6 Å². The second-order valence-corrected chi connectivity index (χ2v) is 6.32. The number of hydrogen-bond acceptors (Lipinski definition) is 3. The molecule has 2 N–H and O–H groups in total. The second-order valence-electron chi connectivity index (χ2n) is 3.98. The third-order valence-electron chi connectivity index (χ3n) is 2.41. The lowest BCUT2D eigenvalue weighted by Crippen LogP contribution is -2.31. The maximum atomic E-state index is 11.7. The van der Waals surface area contributed by atoms with E-state index in [1.807, 2.05) is 19.1 Å². The molecule has 0 spiro atoms. The van der Waals surface area contributed by atoms with Crippen LogP contribution in [0, 0.1) is 0 Å². The fourth-order valence-electron chi connectivity index (χ4n) is 1.41. The summed E-state index contributed by atoms with van der Waals surface area (Å²) in [4.78, 5) is 0. The summed E-state index contributed by atoms with van der Waals surface area (Å²) in [5.74, 6) is 0.0808. The Kier molecular flexibility index (Phi) is 6.63. The van der Waals surface area contributed by atoms with Gasteiger partial charge in [0.25, 0.3) is 0 Å². The zero-order valence-corrected chi connectivity index (χ0v) is 12.0. The van der Waals surface area contributed by atoms with Crippen molar-refractivity contribution in [2.75, 3.05) is 18.8 Å².